The average molecular weight is 374 g/mol. The summed E-state index contributed by atoms with van der Waals surface area (Å²) in [6, 6.07) is 18.4. The normalized spacial score (nSPS) is 12.0. The van der Waals surface area contributed by atoms with Gasteiger partial charge in [-0.1, -0.05) is 48.5 Å². The Kier molecular flexibility index (Phi) is 4.59. The number of aromatic amines is 1. The van der Waals surface area contributed by atoms with Crippen molar-refractivity contribution in [3.8, 4) is 5.69 Å². The molecule has 0 saturated carbocycles. The van der Waals surface area contributed by atoms with Crippen LogP contribution in [0.3, 0.4) is 0 Å². The number of nitrogens with one attached hydrogen (secondary N) is 2. The van der Waals surface area contributed by atoms with Crippen molar-refractivity contribution in [2.45, 2.75) is 12.5 Å². The molecule has 1 amide bonds. The van der Waals surface area contributed by atoms with Crippen molar-refractivity contribution in [3.63, 3.8) is 0 Å². The van der Waals surface area contributed by atoms with E-state index in [0.29, 0.717) is 11.0 Å². The zero-order chi connectivity index (χ0) is 19.5. The Morgan fingerprint density at radius 3 is 2.46 bits per heavy atom. The van der Waals surface area contributed by atoms with Crippen LogP contribution in [0.5, 0.6) is 0 Å². The summed E-state index contributed by atoms with van der Waals surface area (Å²) < 4.78 is 1.60. The first kappa shape index (κ1) is 17.5. The van der Waals surface area contributed by atoms with Gasteiger partial charge < -0.3 is 11.1 Å². The number of primary amides is 1. The van der Waals surface area contributed by atoms with Crippen LogP contribution in [0.2, 0.25) is 0 Å². The number of carbonyl (C=O) groups excluding carboxylic acids is 1. The molecular weight excluding hydrogens is 356 g/mol. The molecule has 1 atom stereocenters. The monoisotopic (exact) mass is 374 g/mol. The molecule has 2 aromatic heterocycles. The number of hydrogen-bond donors (Lipinski definition) is 3. The van der Waals surface area contributed by atoms with E-state index in [9.17, 15) is 9.59 Å². The summed E-state index contributed by atoms with van der Waals surface area (Å²) in [5.41, 5.74) is 7.16. The van der Waals surface area contributed by atoms with E-state index < -0.39 is 11.9 Å². The number of amides is 1. The zero-order valence-electron chi connectivity index (χ0n) is 14.9. The van der Waals surface area contributed by atoms with E-state index in [2.05, 4.69) is 20.4 Å². The molecule has 0 spiro atoms. The van der Waals surface area contributed by atoms with Crippen molar-refractivity contribution in [1.29, 1.82) is 0 Å². The smallest absolute Gasteiger partial charge is 0.263 e. The summed E-state index contributed by atoms with van der Waals surface area (Å²) in [5.74, 6) is -0.218. The molecule has 0 bridgehead atoms. The lowest BCUT2D eigenvalue weighted by molar-refractivity contribution is -0.118. The fraction of sp³-hybridized carbons (Fsp3) is 0.100. The Bertz CT molecular complexity index is 1170. The molecule has 8 heteroatoms. The van der Waals surface area contributed by atoms with Gasteiger partial charge in [0.1, 0.15) is 5.39 Å². The second-order valence-electron chi connectivity index (χ2n) is 6.32. The number of nitrogens with two attached hydrogens (primary N) is 1. The third kappa shape index (κ3) is 3.48. The van der Waals surface area contributed by atoms with Crippen LogP contribution in [0.15, 0.2) is 71.7 Å². The van der Waals surface area contributed by atoms with Gasteiger partial charge in [-0.15, -0.1) is 0 Å². The standard InChI is InChI=1S/C20H18N6O2/c21-17(27)11-16(13-7-3-1-4-8-13)23-20-24-18-15(19(28)25-20)12-22-26(18)14-9-5-2-6-10-14/h1-10,12,16H,11H2,(H2,21,27)(H2,23,24,25,28)/t16-/m0/s1. The molecule has 0 aliphatic rings. The van der Waals surface area contributed by atoms with Gasteiger partial charge in [-0.25, -0.2) is 4.68 Å². The quantitative estimate of drug-likeness (QED) is 0.478. The maximum Gasteiger partial charge on any atom is 0.263 e. The van der Waals surface area contributed by atoms with Crippen molar-refractivity contribution in [2.75, 3.05) is 5.32 Å². The molecule has 0 aliphatic heterocycles. The Balaban J connectivity index is 1.76. The highest BCUT2D eigenvalue weighted by molar-refractivity contribution is 5.77. The lowest BCUT2D eigenvalue weighted by Gasteiger charge is -2.18. The number of fused-ring (bicyclic) bond motifs is 1. The summed E-state index contributed by atoms with van der Waals surface area (Å²) in [4.78, 5) is 31.3. The van der Waals surface area contributed by atoms with Gasteiger partial charge >= 0.3 is 0 Å². The van der Waals surface area contributed by atoms with Gasteiger partial charge in [0.15, 0.2) is 5.65 Å². The van der Waals surface area contributed by atoms with Gasteiger partial charge in [-0.05, 0) is 17.7 Å². The fourth-order valence-electron chi connectivity index (χ4n) is 3.05. The van der Waals surface area contributed by atoms with E-state index in [0.717, 1.165) is 11.3 Å². The van der Waals surface area contributed by atoms with Crippen LogP contribution in [-0.4, -0.2) is 25.7 Å². The fourth-order valence-corrected chi connectivity index (χ4v) is 3.05. The van der Waals surface area contributed by atoms with Crippen molar-refractivity contribution in [3.05, 3.63) is 82.8 Å². The van der Waals surface area contributed by atoms with Crippen molar-refractivity contribution >= 4 is 22.9 Å². The van der Waals surface area contributed by atoms with Gasteiger partial charge in [-0.3, -0.25) is 14.6 Å². The third-order valence-corrected chi connectivity index (χ3v) is 4.36. The number of carbonyl (C=O) groups is 1. The SMILES string of the molecule is NC(=O)C[C@H](Nc1nc2c(cnn2-c2ccccc2)c(=O)[nH]1)c1ccccc1. The summed E-state index contributed by atoms with van der Waals surface area (Å²) in [7, 11) is 0. The second kappa shape index (κ2) is 7.36. The maximum atomic E-state index is 12.5. The van der Waals surface area contributed by atoms with Gasteiger partial charge in [-0.2, -0.15) is 10.1 Å². The van der Waals surface area contributed by atoms with Crippen LogP contribution >= 0.6 is 0 Å². The number of rotatable bonds is 6. The van der Waals surface area contributed by atoms with Crippen LogP contribution in [0.4, 0.5) is 5.95 Å². The highest BCUT2D eigenvalue weighted by atomic mass is 16.1. The van der Waals surface area contributed by atoms with E-state index in [1.807, 2.05) is 60.7 Å². The molecule has 140 valence electrons. The Morgan fingerprint density at radius 1 is 1.11 bits per heavy atom. The minimum atomic E-state index is -0.459. The topological polar surface area (TPSA) is 119 Å². The van der Waals surface area contributed by atoms with Gasteiger partial charge in [0.2, 0.25) is 11.9 Å². The molecule has 0 fully saturated rings. The van der Waals surface area contributed by atoms with Gasteiger partial charge in [0, 0.05) is 0 Å². The maximum absolute atomic E-state index is 12.5. The molecule has 28 heavy (non-hydrogen) atoms. The first-order valence-corrected chi connectivity index (χ1v) is 8.75. The van der Waals surface area contributed by atoms with E-state index >= 15 is 0 Å². The summed E-state index contributed by atoms with van der Waals surface area (Å²) >= 11 is 0. The van der Waals surface area contributed by atoms with Crippen LogP contribution in [-0.2, 0) is 4.79 Å². The minimum Gasteiger partial charge on any atom is -0.370 e. The first-order chi connectivity index (χ1) is 13.6. The van der Waals surface area contributed by atoms with Gasteiger partial charge in [0.05, 0.1) is 24.3 Å². The van der Waals surface area contributed by atoms with Crippen molar-refractivity contribution < 1.29 is 4.79 Å². The molecule has 0 radical (unpaired) electrons. The molecule has 0 aliphatic carbocycles. The zero-order valence-corrected chi connectivity index (χ0v) is 14.9. The summed E-state index contributed by atoms with van der Waals surface area (Å²) in [6.45, 7) is 0. The number of H-pyrrole nitrogens is 1. The van der Waals surface area contributed by atoms with Crippen LogP contribution < -0.4 is 16.6 Å². The minimum absolute atomic E-state index is 0.0592. The predicted octanol–water partition coefficient (Wildman–Crippen LogP) is 2.14. The van der Waals surface area contributed by atoms with E-state index in [1.165, 1.54) is 6.20 Å². The van der Waals surface area contributed by atoms with E-state index in [-0.39, 0.29) is 17.9 Å². The van der Waals surface area contributed by atoms with E-state index in [1.54, 1.807) is 4.68 Å². The van der Waals surface area contributed by atoms with Crippen LogP contribution in [0.25, 0.3) is 16.7 Å². The lowest BCUT2D eigenvalue weighted by Crippen LogP contribution is -2.23. The lowest BCUT2D eigenvalue weighted by atomic mass is 10.0. The third-order valence-electron chi connectivity index (χ3n) is 4.36. The first-order valence-electron chi connectivity index (χ1n) is 8.75. The molecular formula is C20H18N6O2. The molecule has 2 aromatic carbocycles. The number of aromatic nitrogens is 4. The number of benzene rings is 2. The Hall–Kier alpha value is -3.94. The number of anilines is 1. The molecule has 8 nitrogen and oxygen atoms in total. The average Bonchev–Trinajstić information content (AvgIpc) is 3.13. The summed E-state index contributed by atoms with van der Waals surface area (Å²) in [5, 5.41) is 7.78. The summed E-state index contributed by atoms with van der Waals surface area (Å²) in [6.07, 6.45) is 1.54. The molecule has 4 rings (SSSR count). The number of nitrogens with zero attached hydrogens (tertiary/aromatic N) is 3. The second-order valence-corrected chi connectivity index (χ2v) is 6.32. The Morgan fingerprint density at radius 2 is 1.79 bits per heavy atom. The van der Waals surface area contributed by atoms with Crippen LogP contribution in [0, 0.1) is 0 Å². The molecule has 4 N–H and O–H groups in total. The molecule has 0 saturated heterocycles. The van der Waals surface area contributed by atoms with Crippen molar-refractivity contribution in [1.82, 2.24) is 19.7 Å². The van der Waals surface area contributed by atoms with E-state index in [4.69, 9.17) is 5.73 Å². The molecule has 4 aromatic rings. The number of para-hydroxylation sites is 1. The Labute approximate surface area is 160 Å². The molecule has 0 unspecified atom stereocenters. The number of hydrogen-bond acceptors (Lipinski definition) is 5. The highest BCUT2D eigenvalue weighted by Crippen LogP contribution is 2.21. The molecule has 2 heterocycles. The highest BCUT2D eigenvalue weighted by Gasteiger charge is 2.17. The van der Waals surface area contributed by atoms with Gasteiger partial charge in [0.25, 0.3) is 5.56 Å². The predicted molar refractivity (Wildman–Crippen MR) is 106 cm³/mol. The van der Waals surface area contributed by atoms with Crippen LogP contribution in [0.1, 0.15) is 18.0 Å². The van der Waals surface area contributed by atoms with Crippen molar-refractivity contribution in [2.24, 2.45) is 5.73 Å². The largest absolute Gasteiger partial charge is 0.370 e.